The Bertz CT molecular complexity index is 446. The van der Waals surface area contributed by atoms with Crippen molar-refractivity contribution in [3.8, 4) is 0 Å². The smallest absolute Gasteiger partial charge is 0.318 e. The SMILES string of the molecule is CCCN(CCSC(C)=O)C(=O)N[C@@H](CC)C(=O)N(CC)CCN(C)C. The molecule has 8 heteroatoms. The molecule has 1 N–H and O–H groups in total. The molecule has 0 saturated heterocycles. The zero-order valence-corrected chi connectivity index (χ0v) is 18.0. The molecule has 0 heterocycles. The molecule has 0 aromatic heterocycles. The first-order valence-electron chi connectivity index (χ1n) is 9.38. The van der Waals surface area contributed by atoms with Crippen molar-refractivity contribution in [3.63, 3.8) is 0 Å². The third-order valence-corrected chi connectivity index (χ3v) is 4.76. The third-order valence-electron chi connectivity index (χ3n) is 3.96. The summed E-state index contributed by atoms with van der Waals surface area (Å²) < 4.78 is 0. The van der Waals surface area contributed by atoms with E-state index < -0.39 is 6.04 Å². The summed E-state index contributed by atoms with van der Waals surface area (Å²) in [6.07, 6.45) is 1.37. The van der Waals surface area contributed by atoms with E-state index >= 15 is 0 Å². The van der Waals surface area contributed by atoms with Gasteiger partial charge in [-0.25, -0.2) is 4.79 Å². The van der Waals surface area contributed by atoms with Crippen LogP contribution in [0.25, 0.3) is 0 Å². The van der Waals surface area contributed by atoms with Gasteiger partial charge in [-0.1, -0.05) is 25.6 Å². The molecule has 0 spiro atoms. The number of hydrogen-bond acceptors (Lipinski definition) is 5. The minimum absolute atomic E-state index is 0.0419. The average molecular weight is 389 g/mol. The van der Waals surface area contributed by atoms with E-state index in [1.165, 1.54) is 18.7 Å². The van der Waals surface area contributed by atoms with Crippen LogP contribution in [0.15, 0.2) is 0 Å². The molecule has 0 aliphatic rings. The molecule has 152 valence electrons. The van der Waals surface area contributed by atoms with E-state index in [1.54, 1.807) is 9.80 Å². The number of urea groups is 1. The quantitative estimate of drug-likeness (QED) is 0.553. The lowest BCUT2D eigenvalue weighted by Gasteiger charge is -2.29. The van der Waals surface area contributed by atoms with Crippen molar-refractivity contribution in [1.82, 2.24) is 20.0 Å². The molecule has 0 fully saturated rings. The van der Waals surface area contributed by atoms with Gasteiger partial charge in [0.15, 0.2) is 5.12 Å². The maximum atomic E-state index is 12.8. The van der Waals surface area contributed by atoms with E-state index in [0.717, 1.165) is 13.0 Å². The summed E-state index contributed by atoms with van der Waals surface area (Å²) in [5, 5.41) is 2.92. The predicted molar refractivity (Wildman–Crippen MR) is 108 cm³/mol. The molecule has 0 aliphatic carbocycles. The Labute approximate surface area is 162 Å². The molecule has 0 aromatic rings. The number of hydrogen-bond donors (Lipinski definition) is 1. The number of likely N-dealkylation sites (N-methyl/N-ethyl adjacent to an activating group) is 2. The summed E-state index contributed by atoms with van der Waals surface area (Å²) in [6.45, 7) is 10.5. The van der Waals surface area contributed by atoms with E-state index in [9.17, 15) is 14.4 Å². The zero-order chi connectivity index (χ0) is 20.1. The van der Waals surface area contributed by atoms with E-state index in [1.807, 2.05) is 39.8 Å². The van der Waals surface area contributed by atoms with Gasteiger partial charge in [0, 0.05) is 45.4 Å². The van der Waals surface area contributed by atoms with Crippen LogP contribution in [0.1, 0.15) is 40.5 Å². The molecular weight excluding hydrogens is 352 g/mol. The lowest BCUT2D eigenvalue weighted by atomic mass is 10.2. The third kappa shape index (κ3) is 10.0. The van der Waals surface area contributed by atoms with Crippen molar-refractivity contribution in [2.24, 2.45) is 0 Å². The summed E-state index contributed by atoms with van der Waals surface area (Å²) >= 11 is 1.21. The summed E-state index contributed by atoms with van der Waals surface area (Å²) in [7, 11) is 3.94. The van der Waals surface area contributed by atoms with Gasteiger partial charge < -0.3 is 20.0 Å². The van der Waals surface area contributed by atoms with Crippen molar-refractivity contribution < 1.29 is 14.4 Å². The van der Waals surface area contributed by atoms with Gasteiger partial charge >= 0.3 is 6.03 Å². The van der Waals surface area contributed by atoms with E-state index in [4.69, 9.17) is 0 Å². The number of nitrogens with zero attached hydrogens (tertiary/aromatic N) is 3. The first-order valence-corrected chi connectivity index (χ1v) is 10.4. The van der Waals surface area contributed by atoms with Crippen LogP contribution >= 0.6 is 11.8 Å². The molecular formula is C18H36N4O3S. The number of nitrogens with one attached hydrogen (secondary N) is 1. The molecule has 0 radical (unpaired) electrons. The Hall–Kier alpha value is -1.28. The number of rotatable bonds is 12. The predicted octanol–water partition coefficient (Wildman–Crippen LogP) is 1.88. The highest BCUT2D eigenvalue weighted by Crippen LogP contribution is 2.05. The minimum Gasteiger partial charge on any atom is -0.340 e. The molecule has 7 nitrogen and oxygen atoms in total. The van der Waals surface area contributed by atoms with Gasteiger partial charge in [0.05, 0.1) is 0 Å². The highest BCUT2D eigenvalue weighted by Gasteiger charge is 2.25. The summed E-state index contributed by atoms with van der Waals surface area (Å²) in [5.41, 5.74) is 0. The number of carbonyl (C=O) groups excluding carboxylic acids is 3. The van der Waals surface area contributed by atoms with Crippen LogP contribution < -0.4 is 5.32 Å². The first-order chi connectivity index (χ1) is 12.3. The van der Waals surface area contributed by atoms with E-state index in [-0.39, 0.29) is 17.1 Å². The van der Waals surface area contributed by atoms with Crippen LogP contribution in [0, 0.1) is 0 Å². The summed E-state index contributed by atoms with van der Waals surface area (Å²) in [6, 6.07) is -0.760. The van der Waals surface area contributed by atoms with Crippen molar-refractivity contribution in [3.05, 3.63) is 0 Å². The summed E-state index contributed by atoms with van der Waals surface area (Å²) in [4.78, 5) is 41.9. The fourth-order valence-electron chi connectivity index (χ4n) is 2.43. The Morgan fingerprint density at radius 2 is 1.62 bits per heavy atom. The Kier molecular flexibility index (Phi) is 13.2. The normalized spacial score (nSPS) is 12.0. The van der Waals surface area contributed by atoms with Gasteiger partial charge in [-0.3, -0.25) is 9.59 Å². The molecule has 3 amide bonds. The van der Waals surface area contributed by atoms with E-state index in [2.05, 4.69) is 5.32 Å². The second-order valence-electron chi connectivity index (χ2n) is 6.46. The Morgan fingerprint density at radius 1 is 0.962 bits per heavy atom. The second-order valence-corrected chi connectivity index (χ2v) is 7.73. The number of carbonyl (C=O) groups is 3. The van der Waals surface area contributed by atoms with Crippen molar-refractivity contribution >= 4 is 28.8 Å². The summed E-state index contributed by atoms with van der Waals surface area (Å²) in [5.74, 6) is 0.525. The molecule has 0 saturated carbocycles. The molecule has 26 heavy (non-hydrogen) atoms. The average Bonchev–Trinajstić information content (AvgIpc) is 2.58. The van der Waals surface area contributed by atoms with Gasteiger partial charge in [-0.15, -0.1) is 0 Å². The van der Waals surface area contributed by atoms with Crippen LogP contribution in [0.4, 0.5) is 4.79 Å². The molecule has 0 bridgehead atoms. The topological polar surface area (TPSA) is 73.0 Å². The van der Waals surface area contributed by atoms with Crippen molar-refractivity contribution in [2.45, 2.75) is 46.6 Å². The zero-order valence-electron chi connectivity index (χ0n) is 17.2. The van der Waals surface area contributed by atoms with E-state index in [0.29, 0.717) is 38.4 Å². The Balaban J connectivity index is 4.82. The molecule has 0 aliphatic heterocycles. The Morgan fingerprint density at radius 3 is 2.08 bits per heavy atom. The largest absolute Gasteiger partial charge is 0.340 e. The lowest BCUT2D eigenvalue weighted by Crippen LogP contribution is -2.53. The number of amides is 3. The molecule has 0 aromatic carbocycles. The van der Waals surface area contributed by atoms with Crippen LogP contribution in [0.3, 0.4) is 0 Å². The maximum absolute atomic E-state index is 12.8. The highest BCUT2D eigenvalue weighted by atomic mass is 32.2. The minimum atomic E-state index is -0.524. The maximum Gasteiger partial charge on any atom is 0.318 e. The highest BCUT2D eigenvalue weighted by molar-refractivity contribution is 8.13. The van der Waals surface area contributed by atoms with Gasteiger partial charge in [0.2, 0.25) is 5.91 Å². The number of thioether (sulfide) groups is 1. The molecule has 0 unspecified atom stereocenters. The van der Waals surface area contributed by atoms with Crippen LogP contribution in [0.5, 0.6) is 0 Å². The van der Waals surface area contributed by atoms with Crippen LogP contribution in [0.2, 0.25) is 0 Å². The monoisotopic (exact) mass is 388 g/mol. The van der Waals surface area contributed by atoms with Crippen molar-refractivity contribution in [2.75, 3.05) is 52.6 Å². The van der Waals surface area contributed by atoms with Crippen LogP contribution in [-0.4, -0.2) is 90.4 Å². The molecule has 0 rings (SSSR count). The molecule has 1 atom stereocenters. The van der Waals surface area contributed by atoms with Crippen LogP contribution in [-0.2, 0) is 9.59 Å². The fraction of sp³-hybridized carbons (Fsp3) is 0.833. The second kappa shape index (κ2) is 13.9. The standard InChI is InChI=1S/C18H36N4O3S/c1-7-10-22(13-14-26-15(4)23)18(25)19-16(8-2)17(24)21(9-3)12-11-20(5)6/h16H,7-14H2,1-6H3,(H,19,25)/t16-/m0/s1. The van der Waals surface area contributed by atoms with Gasteiger partial charge in [0.25, 0.3) is 0 Å². The lowest BCUT2D eigenvalue weighted by molar-refractivity contribution is -0.133. The van der Waals surface area contributed by atoms with Crippen molar-refractivity contribution in [1.29, 1.82) is 0 Å². The van der Waals surface area contributed by atoms with Gasteiger partial charge in [-0.05, 0) is 33.9 Å². The van der Waals surface area contributed by atoms with Gasteiger partial charge in [-0.2, -0.15) is 0 Å². The fourth-order valence-corrected chi connectivity index (χ4v) is 3.03. The first kappa shape index (κ1) is 24.7. The van der Waals surface area contributed by atoms with Gasteiger partial charge in [0.1, 0.15) is 6.04 Å².